The van der Waals surface area contributed by atoms with Crippen LogP contribution in [0.5, 0.6) is 0 Å². The number of fused-ring (bicyclic) bond motifs is 1. The Kier molecular flexibility index (Phi) is 5.05. The predicted octanol–water partition coefficient (Wildman–Crippen LogP) is 4.06. The molecule has 2 heterocycles. The third-order valence-corrected chi connectivity index (χ3v) is 6.40. The third-order valence-electron chi connectivity index (χ3n) is 5.44. The quantitative estimate of drug-likeness (QED) is 0.811. The molecule has 0 unspecified atom stereocenters. The van der Waals surface area contributed by atoms with Crippen molar-refractivity contribution in [1.29, 1.82) is 0 Å². The minimum Gasteiger partial charge on any atom is -0.379 e. The number of carbonyl (C=O) groups is 1. The number of hydrogen-bond acceptors (Lipinski definition) is 5. The molecule has 1 fully saturated rings. The van der Waals surface area contributed by atoms with Gasteiger partial charge in [-0.15, -0.1) is 0 Å². The number of thioether (sulfide) groups is 1. The van der Waals surface area contributed by atoms with Crippen molar-refractivity contribution in [2.24, 2.45) is 16.6 Å². The van der Waals surface area contributed by atoms with Crippen LogP contribution in [0, 0.1) is 17.6 Å². The van der Waals surface area contributed by atoms with E-state index in [0.29, 0.717) is 22.8 Å². The van der Waals surface area contributed by atoms with E-state index in [1.54, 1.807) is 6.07 Å². The van der Waals surface area contributed by atoms with Gasteiger partial charge in [0.15, 0.2) is 16.7 Å². The van der Waals surface area contributed by atoms with Gasteiger partial charge in [0, 0.05) is 23.2 Å². The van der Waals surface area contributed by atoms with Crippen LogP contribution in [0.15, 0.2) is 41.5 Å². The van der Waals surface area contributed by atoms with Crippen molar-refractivity contribution in [2.45, 2.75) is 31.2 Å². The van der Waals surface area contributed by atoms with Gasteiger partial charge in [-0.25, -0.2) is 13.8 Å². The molecule has 0 bridgehead atoms. The molecule has 0 radical (unpaired) electrons. The van der Waals surface area contributed by atoms with Crippen LogP contribution in [-0.4, -0.2) is 21.8 Å². The summed E-state index contributed by atoms with van der Waals surface area (Å²) in [7, 11) is 0. The summed E-state index contributed by atoms with van der Waals surface area (Å²) in [5, 5.41) is 3.08. The van der Waals surface area contributed by atoms with Crippen molar-refractivity contribution in [3.8, 4) is 0 Å². The van der Waals surface area contributed by atoms with E-state index in [1.165, 1.54) is 42.2 Å². The third kappa shape index (κ3) is 3.37. The number of aromatic nitrogens is 1. The summed E-state index contributed by atoms with van der Waals surface area (Å²) in [5.41, 5.74) is 5.78. The topological polar surface area (TPSA) is 80.4 Å². The number of halogens is 2. The van der Waals surface area contributed by atoms with Crippen molar-refractivity contribution >= 4 is 28.5 Å². The lowest BCUT2D eigenvalue weighted by molar-refractivity contribution is 0.101. The lowest BCUT2D eigenvalue weighted by Crippen LogP contribution is -2.43. The molecule has 1 aliphatic carbocycles. The average Bonchev–Trinajstić information content (AvgIpc) is 2.69. The van der Waals surface area contributed by atoms with Crippen LogP contribution in [0.1, 0.15) is 41.7 Å². The number of carbonyl (C=O) groups excluding carboxylic acids is 1. The molecule has 3 N–H and O–H groups in total. The number of benzene rings is 1. The van der Waals surface area contributed by atoms with E-state index in [0.717, 1.165) is 25.0 Å². The molecule has 0 saturated heterocycles. The second-order valence-corrected chi connectivity index (χ2v) is 8.15. The Bertz CT molecular complexity index is 952. The number of rotatable bonds is 3. The van der Waals surface area contributed by atoms with Crippen LogP contribution >= 0.6 is 11.8 Å². The molecule has 2 aromatic rings. The van der Waals surface area contributed by atoms with Crippen molar-refractivity contribution in [3.05, 3.63) is 59.4 Å². The first-order valence-electron chi connectivity index (χ1n) is 9.19. The van der Waals surface area contributed by atoms with Gasteiger partial charge in [0.1, 0.15) is 5.82 Å². The van der Waals surface area contributed by atoms with Crippen LogP contribution in [0.2, 0.25) is 0 Å². The molecule has 146 valence electrons. The summed E-state index contributed by atoms with van der Waals surface area (Å²) >= 11 is 1.50. The first-order chi connectivity index (χ1) is 13.5. The maximum Gasteiger partial charge on any atom is 0.277 e. The molecule has 28 heavy (non-hydrogen) atoms. The number of nitrogens with two attached hydrogens (primary N) is 1. The number of hydrogen-bond donors (Lipinski definition) is 2. The molecule has 1 aromatic heterocycles. The number of nitrogens with zero attached hydrogens (tertiary/aromatic N) is 2. The molecule has 8 heteroatoms. The Morgan fingerprint density at radius 1 is 1.25 bits per heavy atom. The summed E-state index contributed by atoms with van der Waals surface area (Å²) in [5.74, 6) is -0.792. The summed E-state index contributed by atoms with van der Waals surface area (Å²) in [6.45, 7) is 0. The van der Waals surface area contributed by atoms with Crippen LogP contribution in [-0.2, 0) is 5.54 Å². The molecule has 2 atom stereocenters. The van der Waals surface area contributed by atoms with Crippen LogP contribution in [0.25, 0.3) is 0 Å². The first kappa shape index (κ1) is 18.9. The van der Waals surface area contributed by atoms with E-state index >= 15 is 0 Å². The number of amides is 1. The standard InChI is InChI=1S/C20H20F2N4OS/c21-15-7-6-13(25-18(27)17-16(22)5-3-9-24-17)10-14(15)20-8-2-1-4-12(20)11-28-19(23)26-20/h3,5-7,9-10,12H,1-2,4,8,11H2,(H2,23,26)(H,25,27)/t12-,20-/m0/s1. The Morgan fingerprint density at radius 2 is 2.11 bits per heavy atom. The van der Waals surface area contributed by atoms with E-state index in [1.807, 2.05) is 0 Å². The van der Waals surface area contributed by atoms with Gasteiger partial charge in [-0.3, -0.25) is 9.79 Å². The van der Waals surface area contributed by atoms with E-state index in [4.69, 9.17) is 10.7 Å². The van der Waals surface area contributed by atoms with E-state index < -0.39 is 17.3 Å². The van der Waals surface area contributed by atoms with Gasteiger partial charge in [-0.05, 0) is 49.1 Å². The van der Waals surface area contributed by atoms with Gasteiger partial charge >= 0.3 is 0 Å². The highest BCUT2D eigenvalue weighted by Gasteiger charge is 2.46. The lowest BCUT2D eigenvalue weighted by atomic mass is 9.69. The Hall–Kier alpha value is -2.48. The van der Waals surface area contributed by atoms with Crippen molar-refractivity contribution in [3.63, 3.8) is 0 Å². The van der Waals surface area contributed by atoms with Gasteiger partial charge in [0.05, 0.1) is 5.54 Å². The maximum atomic E-state index is 14.9. The maximum absolute atomic E-state index is 14.9. The predicted molar refractivity (Wildman–Crippen MR) is 106 cm³/mol. The van der Waals surface area contributed by atoms with Gasteiger partial charge in [0.2, 0.25) is 0 Å². The summed E-state index contributed by atoms with van der Waals surface area (Å²) in [6.07, 6.45) is 5.03. The number of pyridine rings is 1. The smallest absolute Gasteiger partial charge is 0.277 e. The number of anilines is 1. The number of aliphatic imine (C=N–C) groups is 1. The highest BCUT2D eigenvalue weighted by molar-refractivity contribution is 8.13. The van der Waals surface area contributed by atoms with Crippen LogP contribution in [0.3, 0.4) is 0 Å². The Morgan fingerprint density at radius 3 is 2.93 bits per heavy atom. The van der Waals surface area contributed by atoms with Gasteiger partial charge in [0.25, 0.3) is 5.91 Å². The molecule has 1 aromatic carbocycles. The summed E-state index contributed by atoms with van der Waals surface area (Å²) in [4.78, 5) is 20.9. The van der Waals surface area contributed by atoms with Crippen LogP contribution in [0.4, 0.5) is 14.5 Å². The second kappa shape index (κ2) is 7.50. The second-order valence-electron chi connectivity index (χ2n) is 7.11. The Labute approximate surface area is 165 Å². The van der Waals surface area contributed by atoms with E-state index in [-0.39, 0.29) is 17.4 Å². The van der Waals surface area contributed by atoms with Gasteiger partial charge in [-0.2, -0.15) is 0 Å². The zero-order valence-corrected chi connectivity index (χ0v) is 15.9. The highest BCUT2D eigenvalue weighted by atomic mass is 32.2. The number of nitrogens with one attached hydrogen (secondary N) is 1. The highest BCUT2D eigenvalue weighted by Crippen LogP contribution is 2.50. The SMILES string of the molecule is NC1=N[C@@]2(c3cc(NC(=O)c4ncccc4F)ccc3F)CCCC[C@H]2CS1. The summed E-state index contributed by atoms with van der Waals surface area (Å²) < 4.78 is 28.7. The number of amidine groups is 1. The fourth-order valence-electron chi connectivity index (χ4n) is 4.10. The van der Waals surface area contributed by atoms with Gasteiger partial charge < -0.3 is 11.1 Å². The van der Waals surface area contributed by atoms with Crippen molar-refractivity contribution in [2.75, 3.05) is 11.1 Å². The fourth-order valence-corrected chi connectivity index (χ4v) is 5.15. The molecule has 4 rings (SSSR count). The first-order valence-corrected chi connectivity index (χ1v) is 10.2. The molecule has 1 amide bonds. The minimum absolute atomic E-state index is 0.187. The monoisotopic (exact) mass is 402 g/mol. The molecule has 1 saturated carbocycles. The van der Waals surface area contributed by atoms with Crippen LogP contribution < -0.4 is 11.1 Å². The zero-order chi connectivity index (χ0) is 19.7. The Balaban J connectivity index is 1.70. The molecule has 0 spiro atoms. The molecular weight excluding hydrogens is 382 g/mol. The normalized spacial score (nSPS) is 24.2. The zero-order valence-electron chi connectivity index (χ0n) is 15.1. The van der Waals surface area contributed by atoms with Crippen molar-refractivity contribution in [1.82, 2.24) is 4.98 Å². The lowest BCUT2D eigenvalue weighted by Gasteiger charge is -2.44. The largest absolute Gasteiger partial charge is 0.379 e. The van der Waals surface area contributed by atoms with E-state index in [9.17, 15) is 13.6 Å². The summed E-state index contributed by atoms with van der Waals surface area (Å²) in [6, 6.07) is 6.94. The van der Waals surface area contributed by atoms with E-state index in [2.05, 4.69) is 10.3 Å². The molecule has 2 aliphatic rings. The average molecular weight is 402 g/mol. The fraction of sp³-hybridized carbons (Fsp3) is 0.350. The molecule has 5 nitrogen and oxygen atoms in total. The van der Waals surface area contributed by atoms with Crippen molar-refractivity contribution < 1.29 is 13.6 Å². The van der Waals surface area contributed by atoms with Gasteiger partial charge in [-0.1, -0.05) is 24.6 Å². The molecule has 1 aliphatic heterocycles. The molecular formula is C20H20F2N4OS. The minimum atomic E-state index is -0.714.